The van der Waals surface area contributed by atoms with E-state index in [1.165, 1.54) is 19.3 Å². The van der Waals surface area contributed by atoms with E-state index in [1.807, 2.05) is 34.6 Å². The monoisotopic (exact) mass is 556 g/mol. The fraction of sp³-hybridized carbons (Fsp3) is 0.879. The summed E-state index contributed by atoms with van der Waals surface area (Å²) in [5.41, 5.74) is -1.98. The average Bonchev–Trinajstić information content (AvgIpc) is 3.64. The normalized spacial score (nSPS) is 45.6. The van der Waals surface area contributed by atoms with Gasteiger partial charge < -0.3 is 14.2 Å². The van der Waals surface area contributed by atoms with Crippen LogP contribution in [0, 0.1) is 70.5 Å². The molecule has 0 amide bonds. The zero-order valence-electron chi connectivity index (χ0n) is 25.4. The number of carbonyl (C=O) groups excluding carboxylic acids is 4. The van der Waals surface area contributed by atoms with Crippen LogP contribution in [-0.4, -0.2) is 35.1 Å². The van der Waals surface area contributed by atoms with Crippen molar-refractivity contribution in [1.29, 1.82) is 0 Å². The molecule has 1 saturated heterocycles. The molecule has 0 aromatic heterocycles. The van der Waals surface area contributed by atoms with E-state index in [0.29, 0.717) is 23.7 Å². The highest BCUT2D eigenvalue weighted by molar-refractivity contribution is 5.97. The van der Waals surface area contributed by atoms with Crippen molar-refractivity contribution in [1.82, 2.24) is 0 Å². The second kappa shape index (κ2) is 9.29. The summed E-state index contributed by atoms with van der Waals surface area (Å²) in [6.07, 6.45) is 7.76. The van der Waals surface area contributed by atoms with Crippen LogP contribution in [0.4, 0.5) is 0 Å². The second-order valence-corrected chi connectivity index (χ2v) is 16.2. The van der Waals surface area contributed by atoms with E-state index in [9.17, 15) is 19.2 Å². The van der Waals surface area contributed by atoms with Gasteiger partial charge in [-0.3, -0.25) is 19.2 Å². The van der Waals surface area contributed by atoms with Gasteiger partial charge in [-0.15, -0.1) is 0 Å². The fourth-order valence-electron chi connectivity index (χ4n) is 10.6. The second-order valence-electron chi connectivity index (χ2n) is 16.2. The Hall–Kier alpha value is -1.92. The molecule has 7 heteroatoms. The highest BCUT2D eigenvalue weighted by atomic mass is 16.6. The average molecular weight is 557 g/mol. The van der Waals surface area contributed by atoms with Gasteiger partial charge in [-0.25, -0.2) is 0 Å². The van der Waals surface area contributed by atoms with E-state index < -0.39 is 40.4 Å². The van der Waals surface area contributed by atoms with Gasteiger partial charge in [0.1, 0.15) is 11.2 Å². The Morgan fingerprint density at radius 3 is 2.33 bits per heavy atom. The molecule has 6 fully saturated rings. The standard InChI is InChI=1S/C33H48O7/c1-16-17-11-21(22(12-17)28(35)39-31(2,3)4)25(16)26-23(27(34)38-29(26)36)15-32(5,6)30(37)40-33(7)14-18-13-24(33)20-10-8-9-19(18)20/h16-26H,8-15H2,1-7H3. The lowest BCUT2D eigenvalue weighted by atomic mass is 9.64. The lowest BCUT2D eigenvalue weighted by Crippen LogP contribution is -2.46. The summed E-state index contributed by atoms with van der Waals surface area (Å²) in [4.78, 5) is 53.2. The lowest BCUT2D eigenvalue weighted by molar-refractivity contribution is -0.179. The predicted octanol–water partition coefficient (Wildman–Crippen LogP) is 5.73. The first-order valence-electron chi connectivity index (χ1n) is 15.8. The van der Waals surface area contributed by atoms with Crippen LogP contribution >= 0.6 is 0 Å². The van der Waals surface area contributed by atoms with Gasteiger partial charge in [0.25, 0.3) is 0 Å². The molecule has 1 heterocycles. The molecule has 6 rings (SSSR count). The number of fused-ring (bicyclic) bond motifs is 7. The van der Waals surface area contributed by atoms with E-state index in [-0.39, 0.29) is 42.0 Å². The Morgan fingerprint density at radius 2 is 1.65 bits per heavy atom. The molecule has 222 valence electrons. The van der Waals surface area contributed by atoms with Gasteiger partial charge in [0.05, 0.1) is 23.2 Å². The summed E-state index contributed by atoms with van der Waals surface area (Å²) >= 11 is 0. The van der Waals surface area contributed by atoms with Gasteiger partial charge in [-0.05, 0) is 128 Å². The third-order valence-corrected chi connectivity index (χ3v) is 12.2. The number of cyclic esters (lactones) is 2. The minimum atomic E-state index is -0.947. The van der Waals surface area contributed by atoms with Crippen molar-refractivity contribution in [3.8, 4) is 0 Å². The van der Waals surface area contributed by atoms with Gasteiger partial charge in [0.2, 0.25) is 0 Å². The van der Waals surface area contributed by atoms with Crippen molar-refractivity contribution in [3.05, 3.63) is 0 Å². The number of ether oxygens (including phenoxy) is 3. The van der Waals surface area contributed by atoms with Crippen LogP contribution in [0.5, 0.6) is 0 Å². The molecular weight excluding hydrogens is 508 g/mol. The third-order valence-electron chi connectivity index (χ3n) is 12.2. The molecule has 0 spiro atoms. The molecule has 0 aromatic rings. The molecule has 0 N–H and O–H groups in total. The zero-order valence-corrected chi connectivity index (χ0v) is 25.4. The zero-order chi connectivity index (χ0) is 28.9. The number of hydrogen-bond donors (Lipinski definition) is 0. The molecule has 12 atom stereocenters. The molecule has 0 aromatic carbocycles. The third kappa shape index (κ3) is 4.43. The van der Waals surface area contributed by atoms with E-state index >= 15 is 0 Å². The first-order chi connectivity index (χ1) is 18.6. The van der Waals surface area contributed by atoms with Gasteiger partial charge in [0, 0.05) is 5.92 Å². The molecule has 12 unspecified atom stereocenters. The topological polar surface area (TPSA) is 96.0 Å². The minimum absolute atomic E-state index is 0.0248. The van der Waals surface area contributed by atoms with Crippen LogP contribution < -0.4 is 0 Å². The van der Waals surface area contributed by atoms with Crippen molar-refractivity contribution >= 4 is 23.9 Å². The van der Waals surface area contributed by atoms with E-state index in [0.717, 1.165) is 31.6 Å². The Morgan fingerprint density at radius 1 is 0.950 bits per heavy atom. The van der Waals surface area contributed by atoms with Crippen molar-refractivity contribution in [2.75, 3.05) is 0 Å². The van der Waals surface area contributed by atoms with Crippen molar-refractivity contribution < 1.29 is 33.4 Å². The van der Waals surface area contributed by atoms with Crippen LogP contribution in [0.1, 0.15) is 99.8 Å². The Balaban J connectivity index is 1.18. The Labute approximate surface area is 238 Å². The van der Waals surface area contributed by atoms with Crippen molar-refractivity contribution in [2.24, 2.45) is 70.5 Å². The SMILES string of the molecule is CC1C2CC(C(=O)OC(C)(C)C)C(C2)C1C1C(=O)OC(=O)C1CC(C)(C)C(=O)OC1(C)CC2CC1C1CCCC21. The first-order valence-corrected chi connectivity index (χ1v) is 15.8. The molecule has 5 aliphatic carbocycles. The van der Waals surface area contributed by atoms with E-state index in [4.69, 9.17) is 14.2 Å². The first kappa shape index (κ1) is 28.2. The highest BCUT2D eigenvalue weighted by Gasteiger charge is 2.64. The summed E-state index contributed by atoms with van der Waals surface area (Å²) in [7, 11) is 0. The molecule has 1 aliphatic heterocycles. The van der Waals surface area contributed by atoms with Gasteiger partial charge >= 0.3 is 23.9 Å². The predicted molar refractivity (Wildman–Crippen MR) is 146 cm³/mol. The number of carbonyl (C=O) groups is 4. The molecular formula is C33H48O7. The maximum atomic E-state index is 13.7. The van der Waals surface area contributed by atoms with Gasteiger partial charge in [-0.2, -0.15) is 0 Å². The Kier molecular flexibility index (Phi) is 6.55. The molecule has 4 bridgehead atoms. The molecule has 7 nitrogen and oxygen atoms in total. The Bertz CT molecular complexity index is 1100. The van der Waals surface area contributed by atoms with Gasteiger partial charge in [-0.1, -0.05) is 13.3 Å². The van der Waals surface area contributed by atoms with E-state index in [1.54, 1.807) is 0 Å². The van der Waals surface area contributed by atoms with Crippen molar-refractivity contribution in [2.45, 2.75) is 111 Å². The number of hydrogen-bond acceptors (Lipinski definition) is 7. The van der Waals surface area contributed by atoms with Crippen molar-refractivity contribution in [3.63, 3.8) is 0 Å². The van der Waals surface area contributed by atoms with Crippen LogP contribution in [0.25, 0.3) is 0 Å². The minimum Gasteiger partial charge on any atom is -0.460 e. The van der Waals surface area contributed by atoms with Gasteiger partial charge in [0.15, 0.2) is 0 Å². The number of rotatable bonds is 6. The van der Waals surface area contributed by atoms with Crippen LogP contribution in [0.2, 0.25) is 0 Å². The molecule has 0 radical (unpaired) electrons. The summed E-state index contributed by atoms with van der Waals surface area (Å²) in [5, 5.41) is 0. The summed E-state index contributed by atoms with van der Waals surface area (Å²) in [5.74, 6) is -0.279. The highest BCUT2D eigenvalue weighted by Crippen LogP contribution is 2.64. The maximum Gasteiger partial charge on any atom is 0.317 e. The van der Waals surface area contributed by atoms with Crippen LogP contribution in [0.15, 0.2) is 0 Å². The summed E-state index contributed by atoms with van der Waals surface area (Å²) in [6, 6.07) is 0. The maximum absolute atomic E-state index is 13.7. The largest absolute Gasteiger partial charge is 0.460 e. The molecule has 40 heavy (non-hydrogen) atoms. The summed E-state index contributed by atoms with van der Waals surface area (Å²) in [6.45, 7) is 13.5. The molecule has 5 saturated carbocycles. The van der Waals surface area contributed by atoms with Crippen LogP contribution in [-0.2, 0) is 33.4 Å². The molecule has 6 aliphatic rings. The lowest BCUT2D eigenvalue weighted by Gasteiger charge is -2.42. The quantitative estimate of drug-likeness (QED) is 0.234. The van der Waals surface area contributed by atoms with Crippen LogP contribution in [0.3, 0.4) is 0 Å². The number of esters is 4. The van der Waals surface area contributed by atoms with E-state index in [2.05, 4.69) is 13.8 Å². The smallest absolute Gasteiger partial charge is 0.317 e. The fourth-order valence-corrected chi connectivity index (χ4v) is 10.6. The summed E-state index contributed by atoms with van der Waals surface area (Å²) < 4.78 is 17.4.